The number of alkyl halides is 1. The molecule has 1 atom stereocenters. The monoisotopic (exact) mass is 345 g/mol. The molecule has 3 heteroatoms. The number of hydrogen-bond acceptors (Lipinski definition) is 2. The second-order valence-corrected chi connectivity index (χ2v) is 5.55. The maximum atomic E-state index is 5.67. The predicted octanol–water partition coefficient (Wildman–Crippen LogP) is 3.36. The topological polar surface area (TPSA) is 21.3 Å². The lowest BCUT2D eigenvalue weighted by molar-refractivity contribution is 0.264. The van der Waals surface area contributed by atoms with Gasteiger partial charge < -0.3 is 10.1 Å². The molecule has 0 aromatic heterocycles. The number of halogens is 1. The molecule has 0 saturated heterocycles. The van der Waals surface area contributed by atoms with Gasteiger partial charge in [-0.25, -0.2) is 0 Å². The Morgan fingerprint density at radius 1 is 1.29 bits per heavy atom. The van der Waals surface area contributed by atoms with Gasteiger partial charge in [0.05, 0.1) is 6.61 Å². The fourth-order valence-electron chi connectivity index (χ4n) is 2.25. The zero-order valence-corrected chi connectivity index (χ0v) is 12.3. The number of benzene rings is 1. The van der Waals surface area contributed by atoms with Crippen LogP contribution in [0, 0.1) is 0 Å². The third-order valence-corrected chi connectivity index (χ3v) is 3.97. The van der Waals surface area contributed by atoms with E-state index >= 15 is 0 Å². The summed E-state index contributed by atoms with van der Waals surface area (Å²) in [5.41, 5.74) is 1.38. The van der Waals surface area contributed by atoms with Crippen molar-refractivity contribution in [3.63, 3.8) is 0 Å². The molecule has 1 heterocycles. The summed E-state index contributed by atoms with van der Waals surface area (Å²) in [7, 11) is 0. The molecule has 2 rings (SSSR count). The fraction of sp³-hybridized carbons (Fsp3) is 0.571. The first-order valence-electron chi connectivity index (χ1n) is 6.40. The van der Waals surface area contributed by atoms with Gasteiger partial charge in [-0.1, -0.05) is 40.8 Å². The molecular formula is C14H20INO. The lowest BCUT2D eigenvalue weighted by atomic mass is 9.93. The first-order valence-corrected chi connectivity index (χ1v) is 7.93. The van der Waals surface area contributed by atoms with E-state index in [9.17, 15) is 0 Å². The molecule has 1 aromatic rings. The van der Waals surface area contributed by atoms with Crippen molar-refractivity contribution >= 4 is 22.6 Å². The first kappa shape index (κ1) is 13.1. The molecule has 1 aliphatic rings. The maximum absolute atomic E-state index is 5.67. The van der Waals surface area contributed by atoms with Crippen molar-refractivity contribution in [2.45, 2.75) is 25.2 Å². The number of ether oxygens (including phenoxy) is 1. The van der Waals surface area contributed by atoms with Crippen LogP contribution in [0.4, 0.5) is 0 Å². The van der Waals surface area contributed by atoms with Crippen molar-refractivity contribution in [2.24, 2.45) is 0 Å². The molecule has 0 amide bonds. The Kier molecular flexibility index (Phi) is 5.58. The molecular weight excluding hydrogens is 325 g/mol. The van der Waals surface area contributed by atoms with Crippen LogP contribution in [-0.4, -0.2) is 24.1 Å². The van der Waals surface area contributed by atoms with Gasteiger partial charge in [0.2, 0.25) is 0 Å². The van der Waals surface area contributed by atoms with E-state index in [1.807, 2.05) is 0 Å². The van der Waals surface area contributed by atoms with Crippen LogP contribution in [0.15, 0.2) is 24.3 Å². The summed E-state index contributed by atoms with van der Waals surface area (Å²) in [6, 6.07) is 8.44. The van der Waals surface area contributed by atoms with Crippen LogP contribution in [0.1, 0.15) is 30.7 Å². The number of hydrogen-bond donors (Lipinski definition) is 1. The van der Waals surface area contributed by atoms with Crippen LogP contribution < -0.4 is 10.1 Å². The summed E-state index contributed by atoms with van der Waals surface area (Å²) in [5, 5.41) is 3.57. The van der Waals surface area contributed by atoms with Gasteiger partial charge in [-0.15, -0.1) is 0 Å². The predicted molar refractivity (Wildman–Crippen MR) is 80.3 cm³/mol. The Balaban J connectivity index is 1.82. The molecule has 0 radical (unpaired) electrons. The van der Waals surface area contributed by atoms with Gasteiger partial charge in [0.25, 0.3) is 0 Å². The minimum atomic E-state index is 0.625. The lowest BCUT2D eigenvalue weighted by Crippen LogP contribution is -2.26. The fourth-order valence-corrected chi connectivity index (χ4v) is 2.79. The summed E-state index contributed by atoms with van der Waals surface area (Å²) in [6.45, 7) is 3.08. The average Bonchev–Trinajstić information content (AvgIpc) is 2.39. The van der Waals surface area contributed by atoms with Gasteiger partial charge in [0, 0.05) is 12.5 Å². The summed E-state index contributed by atoms with van der Waals surface area (Å²) in [5.74, 6) is 1.71. The second kappa shape index (κ2) is 7.21. The zero-order valence-electron chi connectivity index (χ0n) is 10.1. The third kappa shape index (κ3) is 3.85. The highest BCUT2D eigenvalue weighted by atomic mass is 127. The van der Waals surface area contributed by atoms with Crippen molar-refractivity contribution in [1.29, 1.82) is 0 Å². The van der Waals surface area contributed by atoms with E-state index in [-0.39, 0.29) is 0 Å². The van der Waals surface area contributed by atoms with Gasteiger partial charge in [-0.3, -0.25) is 0 Å². The number of rotatable bonds is 6. The summed E-state index contributed by atoms with van der Waals surface area (Å²) < 4.78 is 6.93. The Morgan fingerprint density at radius 2 is 2.18 bits per heavy atom. The molecule has 0 bridgehead atoms. The normalized spacial score (nSPS) is 18.5. The number of para-hydroxylation sites is 1. The Morgan fingerprint density at radius 3 is 3.06 bits per heavy atom. The smallest absolute Gasteiger partial charge is 0.122 e. The molecule has 0 fully saturated rings. The van der Waals surface area contributed by atoms with E-state index in [4.69, 9.17) is 4.74 Å². The first-order chi connectivity index (χ1) is 8.42. The van der Waals surface area contributed by atoms with E-state index < -0.39 is 0 Å². The molecule has 94 valence electrons. The lowest BCUT2D eigenvalue weighted by Gasteiger charge is -2.26. The largest absolute Gasteiger partial charge is 0.493 e. The molecule has 0 aliphatic carbocycles. The molecule has 1 aliphatic heterocycles. The summed E-state index contributed by atoms with van der Waals surface area (Å²) in [6.07, 6.45) is 3.74. The van der Waals surface area contributed by atoms with Gasteiger partial charge >= 0.3 is 0 Å². The Bertz CT molecular complexity index is 343. The van der Waals surface area contributed by atoms with Crippen molar-refractivity contribution in [2.75, 3.05) is 24.1 Å². The molecule has 0 spiro atoms. The van der Waals surface area contributed by atoms with Gasteiger partial charge in [-0.2, -0.15) is 0 Å². The molecule has 17 heavy (non-hydrogen) atoms. The van der Waals surface area contributed by atoms with Crippen LogP contribution in [0.25, 0.3) is 0 Å². The number of fused-ring (bicyclic) bond motifs is 1. The third-order valence-electron chi connectivity index (χ3n) is 3.21. The van der Waals surface area contributed by atoms with Crippen LogP contribution in [-0.2, 0) is 0 Å². The zero-order chi connectivity index (χ0) is 11.9. The highest BCUT2D eigenvalue weighted by molar-refractivity contribution is 14.1. The van der Waals surface area contributed by atoms with E-state index in [0.29, 0.717) is 5.92 Å². The Labute approximate surface area is 117 Å². The van der Waals surface area contributed by atoms with E-state index in [1.165, 1.54) is 22.8 Å². The van der Waals surface area contributed by atoms with Crippen molar-refractivity contribution in [3.8, 4) is 5.75 Å². The van der Waals surface area contributed by atoms with E-state index in [0.717, 1.165) is 31.9 Å². The van der Waals surface area contributed by atoms with Crippen molar-refractivity contribution < 1.29 is 4.74 Å². The molecule has 0 saturated carbocycles. The summed E-state index contributed by atoms with van der Waals surface area (Å²) >= 11 is 2.44. The molecule has 1 aromatic carbocycles. The van der Waals surface area contributed by atoms with E-state index in [2.05, 4.69) is 52.2 Å². The highest BCUT2D eigenvalue weighted by Crippen LogP contribution is 2.32. The summed E-state index contributed by atoms with van der Waals surface area (Å²) in [4.78, 5) is 0. The molecule has 2 nitrogen and oxygen atoms in total. The van der Waals surface area contributed by atoms with Crippen LogP contribution in [0.2, 0.25) is 0 Å². The minimum Gasteiger partial charge on any atom is -0.493 e. The van der Waals surface area contributed by atoms with Gasteiger partial charge in [-0.05, 0) is 41.9 Å². The average molecular weight is 345 g/mol. The molecule has 1 N–H and O–H groups in total. The highest BCUT2D eigenvalue weighted by Gasteiger charge is 2.20. The van der Waals surface area contributed by atoms with Crippen LogP contribution in [0.3, 0.4) is 0 Å². The van der Waals surface area contributed by atoms with Crippen LogP contribution >= 0.6 is 22.6 Å². The second-order valence-electron chi connectivity index (χ2n) is 4.47. The maximum Gasteiger partial charge on any atom is 0.122 e. The number of nitrogens with one attached hydrogen (secondary N) is 1. The van der Waals surface area contributed by atoms with Crippen molar-refractivity contribution in [3.05, 3.63) is 29.8 Å². The van der Waals surface area contributed by atoms with Crippen LogP contribution in [0.5, 0.6) is 5.75 Å². The van der Waals surface area contributed by atoms with E-state index in [1.54, 1.807) is 0 Å². The SMILES string of the molecule is ICCCCNCC1CCOc2ccccc21. The quantitative estimate of drug-likeness (QED) is 0.485. The van der Waals surface area contributed by atoms with Gasteiger partial charge in [0.15, 0.2) is 0 Å². The molecule has 1 unspecified atom stereocenters. The number of unbranched alkanes of at least 4 members (excludes halogenated alkanes) is 1. The Hall–Kier alpha value is -0.290. The van der Waals surface area contributed by atoms with Crippen molar-refractivity contribution in [1.82, 2.24) is 5.32 Å². The van der Waals surface area contributed by atoms with Gasteiger partial charge in [0.1, 0.15) is 5.75 Å². The standard InChI is InChI=1S/C14H20INO/c15-8-3-4-9-16-11-12-7-10-17-14-6-2-1-5-13(12)14/h1-2,5-6,12,16H,3-4,7-11H2. The minimum absolute atomic E-state index is 0.625.